The Labute approximate surface area is 185 Å². The number of aromatic nitrogens is 1. The molecule has 1 saturated carbocycles. The molecule has 1 amide bonds. The van der Waals surface area contributed by atoms with Gasteiger partial charge in [-0.1, -0.05) is 36.8 Å². The fourth-order valence-electron chi connectivity index (χ4n) is 4.83. The van der Waals surface area contributed by atoms with E-state index in [2.05, 4.69) is 81.9 Å². The number of carbonyl (C=O) groups excluding carboxylic acids is 1. The number of carbonyl (C=O) groups is 1. The molecule has 0 bridgehead atoms. The Morgan fingerprint density at radius 1 is 1.03 bits per heavy atom. The number of fused-ring (bicyclic) bond motifs is 1. The number of nitrogens with zero attached hydrogens (tertiary/aromatic N) is 2. The molecule has 0 N–H and O–H groups in total. The second-order valence-electron chi connectivity index (χ2n) is 8.12. The van der Waals surface area contributed by atoms with E-state index in [4.69, 9.17) is 4.74 Å². The summed E-state index contributed by atoms with van der Waals surface area (Å²) in [6.45, 7) is 3.05. The lowest BCUT2D eigenvalue weighted by Crippen LogP contribution is -2.42. The summed E-state index contributed by atoms with van der Waals surface area (Å²) in [5.74, 6) is 0.178. The van der Waals surface area contributed by atoms with E-state index >= 15 is 0 Å². The first-order valence-corrected chi connectivity index (χ1v) is 11.5. The molecule has 0 spiro atoms. The maximum atomic E-state index is 12.9. The molecule has 2 aliphatic rings. The van der Waals surface area contributed by atoms with E-state index in [9.17, 15) is 4.79 Å². The maximum absolute atomic E-state index is 12.9. The van der Waals surface area contributed by atoms with Crippen LogP contribution in [0, 0.1) is 3.57 Å². The topological polar surface area (TPSA) is 34.5 Å². The smallest absolute Gasteiger partial charge is 0.242 e. The van der Waals surface area contributed by atoms with Crippen LogP contribution in [-0.4, -0.2) is 41.7 Å². The molecular formula is C24H25IN2O2. The Bertz CT molecular complexity index is 1030. The summed E-state index contributed by atoms with van der Waals surface area (Å²) in [6.07, 6.45) is 5.83. The van der Waals surface area contributed by atoms with Crippen LogP contribution in [0.2, 0.25) is 0 Å². The van der Waals surface area contributed by atoms with Gasteiger partial charge in [0.25, 0.3) is 0 Å². The number of rotatable bonds is 4. The minimum Gasteiger partial charge on any atom is -0.378 e. The third-order valence-corrected chi connectivity index (χ3v) is 7.30. The Hall–Kier alpha value is -1.86. The molecule has 1 saturated heterocycles. The van der Waals surface area contributed by atoms with Gasteiger partial charge < -0.3 is 14.2 Å². The van der Waals surface area contributed by atoms with Crippen LogP contribution >= 0.6 is 22.6 Å². The predicted octanol–water partition coefficient (Wildman–Crippen LogP) is 4.57. The number of hydrogen-bond donors (Lipinski definition) is 0. The molecule has 0 unspecified atom stereocenters. The standard InChI is InChI=1S/C24H25IN2O2/c25-19-8-6-18(7-9-19)24(10-3-11-24)21-16-27(22-5-2-1-4-20(21)22)17-23(28)26-12-14-29-15-13-26/h1-2,4-9,16H,3,10-15,17H2. The Morgan fingerprint density at radius 2 is 1.76 bits per heavy atom. The molecule has 5 rings (SSSR count). The number of benzene rings is 2. The Balaban J connectivity index is 1.54. The highest BCUT2D eigenvalue weighted by Crippen LogP contribution is 2.51. The molecular weight excluding hydrogens is 475 g/mol. The van der Waals surface area contributed by atoms with Crippen LogP contribution in [0.3, 0.4) is 0 Å². The van der Waals surface area contributed by atoms with Crippen molar-refractivity contribution in [2.45, 2.75) is 31.2 Å². The van der Waals surface area contributed by atoms with Crippen molar-refractivity contribution in [2.24, 2.45) is 0 Å². The van der Waals surface area contributed by atoms with Gasteiger partial charge in [0.15, 0.2) is 0 Å². The van der Waals surface area contributed by atoms with Crippen molar-refractivity contribution in [3.63, 3.8) is 0 Å². The van der Waals surface area contributed by atoms with Crippen LogP contribution in [0.25, 0.3) is 10.9 Å². The fraction of sp³-hybridized carbons (Fsp3) is 0.375. The molecule has 0 radical (unpaired) electrons. The van der Waals surface area contributed by atoms with E-state index in [1.807, 2.05) is 4.90 Å². The van der Waals surface area contributed by atoms with Crippen LogP contribution in [0.4, 0.5) is 0 Å². The highest BCUT2D eigenvalue weighted by atomic mass is 127. The van der Waals surface area contributed by atoms with E-state index in [0.29, 0.717) is 32.8 Å². The van der Waals surface area contributed by atoms with Crippen molar-refractivity contribution in [3.05, 3.63) is 69.4 Å². The summed E-state index contributed by atoms with van der Waals surface area (Å²) in [7, 11) is 0. The van der Waals surface area contributed by atoms with Crippen LogP contribution in [-0.2, 0) is 21.5 Å². The minimum absolute atomic E-state index is 0.0667. The van der Waals surface area contributed by atoms with Gasteiger partial charge in [0.05, 0.1) is 13.2 Å². The van der Waals surface area contributed by atoms with Crippen molar-refractivity contribution in [1.29, 1.82) is 0 Å². The van der Waals surface area contributed by atoms with E-state index in [0.717, 1.165) is 5.52 Å². The lowest BCUT2D eigenvalue weighted by molar-refractivity contribution is -0.135. The van der Waals surface area contributed by atoms with E-state index in [1.165, 1.54) is 39.3 Å². The normalized spacial score (nSPS) is 18.6. The first-order valence-electron chi connectivity index (χ1n) is 10.4. The third-order valence-electron chi connectivity index (χ3n) is 6.58. The summed E-state index contributed by atoms with van der Waals surface area (Å²) >= 11 is 2.37. The average molecular weight is 500 g/mol. The quantitative estimate of drug-likeness (QED) is 0.492. The molecule has 2 aromatic carbocycles. The SMILES string of the molecule is O=C(Cn1cc(C2(c3ccc(I)cc3)CCC2)c2ccccc21)N1CCOCC1. The van der Waals surface area contributed by atoms with Gasteiger partial charge in [0, 0.05) is 39.2 Å². The van der Waals surface area contributed by atoms with Crippen LogP contribution < -0.4 is 0 Å². The molecule has 2 fully saturated rings. The largest absolute Gasteiger partial charge is 0.378 e. The van der Waals surface area contributed by atoms with Gasteiger partial charge in [-0.3, -0.25) is 4.79 Å². The fourth-order valence-corrected chi connectivity index (χ4v) is 5.19. The van der Waals surface area contributed by atoms with Crippen LogP contribution in [0.15, 0.2) is 54.7 Å². The van der Waals surface area contributed by atoms with Crippen LogP contribution in [0.1, 0.15) is 30.4 Å². The zero-order valence-corrected chi connectivity index (χ0v) is 18.6. The van der Waals surface area contributed by atoms with Gasteiger partial charge in [-0.2, -0.15) is 0 Å². The molecule has 1 aromatic heterocycles. The first kappa shape index (κ1) is 19.1. The highest BCUT2D eigenvalue weighted by molar-refractivity contribution is 14.1. The maximum Gasteiger partial charge on any atom is 0.242 e. The summed E-state index contributed by atoms with van der Waals surface area (Å²) in [6, 6.07) is 17.5. The van der Waals surface area contributed by atoms with Crippen molar-refractivity contribution in [2.75, 3.05) is 26.3 Å². The first-order chi connectivity index (χ1) is 14.2. The number of ether oxygens (including phenoxy) is 1. The summed E-state index contributed by atoms with van der Waals surface area (Å²) in [4.78, 5) is 14.8. The lowest BCUT2D eigenvalue weighted by atomic mass is 9.60. The van der Waals surface area contributed by atoms with Crippen molar-refractivity contribution < 1.29 is 9.53 Å². The number of morpholine rings is 1. The molecule has 1 aliphatic heterocycles. The zero-order valence-electron chi connectivity index (χ0n) is 16.4. The summed E-state index contributed by atoms with van der Waals surface area (Å²) in [5, 5.41) is 1.28. The Kier molecular flexibility index (Phi) is 5.12. The second-order valence-corrected chi connectivity index (χ2v) is 9.37. The van der Waals surface area contributed by atoms with Gasteiger partial charge in [0.1, 0.15) is 6.54 Å². The monoisotopic (exact) mass is 500 g/mol. The highest BCUT2D eigenvalue weighted by Gasteiger charge is 2.42. The van der Waals surface area contributed by atoms with E-state index < -0.39 is 0 Å². The van der Waals surface area contributed by atoms with Gasteiger partial charge in [0.2, 0.25) is 5.91 Å². The summed E-state index contributed by atoms with van der Waals surface area (Å²) < 4.78 is 8.82. The third kappa shape index (κ3) is 3.38. The number of amides is 1. The van der Waals surface area contributed by atoms with Crippen molar-refractivity contribution in [1.82, 2.24) is 9.47 Å². The molecule has 5 heteroatoms. The molecule has 0 atom stereocenters. The second kappa shape index (κ2) is 7.76. The molecule has 4 nitrogen and oxygen atoms in total. The summed E-state index contributed by atoms with van der Waals surface area (Å²) in [5.41, 5.74) is 3.99. The number of hydrogen-bond acceptors (Lipinski definition) is 2. The molecule has 150 valence electrons. The minimum atomic E-state index is 0.0667. The molecule has 1 aliphatic carbocycles. The van der Waals surface area contributed by atoms with Gasteiger partial charge in [-0.15, -0.1) is 0 Å². The number of para-hydroxylation sites is 1. The van der Waals surface area contributed by atoms with Crippen molar-refractivity contribution in [3.8, 4) is 0 Å². The average Bonchev–Trinajstić information content (AvgIpc) is 3.08. The van der Waals surface area contributed by atoms with Crippen molar-refractivity contribution >= 4 is 39.4 Å². The molecule has 2 heterocycles. The Morgan fingerprint density at radius 3 is 2.45 bits per heavy atom. The molecule has 3 aromatic rings. The van der Waals surface area contributed by atoms with E-state index in [1.54, 1.807) is 0 Å². The zero-order chi connectivity index (χ0) is 19.8. The van der Waals surface area contributed by atoms with Gasteiger partial charge in [-0.25, -0.2) is 0 Å². The van der Waals surface area contributed by atoms with Crippen LogP contribution in [0.5, 0.6) is 0 Å². The lowest BCUT2D eigenvalue weighted by Gasteiger charge is -2.42. The van der Waals surface area contributed by atoms with Gasteiger partial charge >= 0.3 is 0 Å². The van der Waals surface area contributed by atoms with Gasteiger partial charge in [-0.05, 0) is 64.8 Å². The number of halogens is 1. The predicted molar refractivity (Wildman–Crippen MR) is 123 cm³/mol. The van der Waals surface area contributed by atoms with E-state index in [-0.39, 0.29) is 11.3 Å². The molecule has 29 heavy (non-hydrogen) atoms.